The molecule has 0 saturated carbocycles. The van der Waals surface area contributed by atoms with E-state index in [1.807, 2.05) is 6.92 Å². The number of aromatic amines is 1. The summed E-state index contributed by atoms with van der Waals surface area (Å²) in [4.78, 5) is 27.1. The fraction of sp³-hybridized carbons (Fsp3) is 0.111. The van der Waals surface area contributed by atoms with Crippen LogP contribution in [0.15, 0.2) is 35.1 Å². The summed E-state index contributed by atoms with van der Waals surface area (Å²) < 4.78 is 28.1. The lowest BCUT2D eigenvalue weighted by atomic mass is 10.1. The molecule has 0 atom stereocenters. The summed E-state index contributed by atoms with van der Waals surface area (Å²) >= 11 is 6.15. The minimum absolute atomic E-state index is 0.0414. The predicted molar refractivity (Wildman–Crippen MR) is 94.0 cm³/mol. The largest absolute Gasteiger partial charge is 0.340 e. The van der Waals surface area contributed by atoms with Crippen LogP contribution in [-0.4, -0.2) is 10.8 Å². The summed E-state index contributed by atoms with van der Waals surface area (Å²) in [6.07, 6.45) is 0. The Kier molecular flexibility index (Phi) is 4.30. The second kappa shape index (κ2) is 6.29. The van der Waals surface area contributed by atoms with Gasteiger partial charge in [-0.05, 0) is 43.7 Å². The Balaban J connectivity index is 2.30. The number of pyridine rings is 1. The number of fused-ring (bicyclic) bond motifs is 1. The normalized spacial score (nSPS) is 10.9. The van der Waals surface area contributed by atoms with Gasteiger partial charge in [0.15, 0.2) is 5.78 Å². The van der Waals surface area contributed by atoms with Crippen molar-refractivity contribution in [1.82, 2.24) is 4.98 Å². The van der Waals surface area contributed by atoms with E-state index in [2.05, 4.69) is 10.3 Å². The van der Waals surface area contributed by atoms with Crippen molar-refractivity contribution in [3.05, 3.63) is 68.3 Å². The molecule has 2 N–H and O–H groups in total. The van der Waals surface area contributed by atoms with Crippen LogP contribution < -0.4 is 10.7 Å². The summed E-state index contributed by atoms with van der Waals surface area (Å²) in [6.45, 7) is 3.03. The van der Waals surface area contributed by atoms with Crippen LogP contribution in [0.2, 0.25) is 5.02 Å². The number of hydrogen-bond donors (Lipinski definition) is 2. The van der Waals surface area contributed by atoms with Crippen LogP contribution in [0.3, 0.4) is 0 Å². The minimum atomic E-state index is -0.903. The molecule has 0 bridgehead atoms. The number of halogens is 3. The van der Waals surface area contributed by atoms with Gasteiger partial charge in [-0.3, -0.25) is 9.59 Å². The minimum Gasteiger partial charge on any atom is -0.340 e. The average molecular weight is 363 g/mol. The maximum absolute atomic E-state index is 14.1. The molecule has 25 heavy (non-hydrogen) atoms. The van der Waals surface area contributed by atoms with Gasteiger partial charge in [0.05, 0.1) is 21.6 Å². The van der Waals surface area contributed by atoms with Crippen LogP contribution in [0, 0.1) is 18.6 Å². The van der Waals surface area contributed by atoms with E-state index in [1.54, 1.807) is 18.2 Å². The first-order valence-corrected chi connectivity index (χ1v) is 7.75. The number of rotatable bonds is 3. The molecule has 7 heteroatoms. The van der Waals surface area contributed by atoms with Crippen molar-refractivity contribution in [3.63, 3.8) is 0 Å². The molecule has 1 heterocycles. The molecule has 0 amide bonds. The molecule has 4 nitrogen and oxygen atoms in total. The van der Waals surface area contributed by atoms with Gasteiger partial charge in [0, 0.05) is 0 Å². The van der Waals surface area contributed by atoms with Gasteiger partial charge >= 0.3 is 0 Å². The van der Waals surface area contributed by atoms with Gasteiger partial charge in [-0.15, -0.1) is 0 Å². The highest BCUT2D eigenvalue weighted by Gasteiger charge is 2.20. The Morgan fingerprint density at radius 2 is 1.84 bits per heavy atom. The van der Waals surface area contributed by atoms with Crippen LogP contribution in [0.25, 0.3) is 10.9 Å². The molecular weight excluding hydrogens is 350 g/mol. The van der Waals surface area contributed by atoms with Crippen LogP contribution in [-0.2, 0) is 0 Å². The summed E-state index contributed by atoms with van der Waals surface area (Å²) in [6, 6.07) is 6.88. The quantitative estimate of drug-likeness (QED) is 0.663. The summed E-state index contributed by atoms with van der Waals surface area (Å²) in [7, 11) is 0. The molecule has 0 spiro atoms. The van der Waals surface area contributed by atoms with Crippen molar-refractivity contribution in [3.8, 4) is 0 Å². The number of hydrogen-bond acceptors (Lipinski definition) is 3. The van der Waals surface area contributed by atoms with Gasteiger partial charge < -0.3 is 10.3 Å². The van der Waals surface area contributed by atoms with E-state index < -0.39 is 28.2 Å². The Morgan fingerprint density at radius 3 is 2.48 bits per heavy atom. The van der Waals surface area contributed by atoms with E-state index in [9.17, 15) is 18.4 Å². The van der Waals surface area contributed by atoms with E-state index in [4.69, 9.17) is 11.6 Å². The molecule has 0 fully saturated rings. The fourth-order valence-corrected chi connectivity index (χ4v) is 2.89. The van der Waals surface area contributed by atoms with E-state index in [0.29, 0.717) is 10.7 Å². The van der Waals surface area contributed by atoms with E-state index in [0.717, 1.165) is 17.7 Å². The standard InChI is InChI=1S/C18H13ClF2N2O2/c1-8-3-6-13(10(19)7-8)22-18-14(9(2)24)17(25)15-11(20)4-5-12(21)16(15)23-18/h3-7H,1-2H3,(H2,22,23,25). The van der Waals surface area contributed by atoms with E-state index >= 15 is 0 Å². The SMILES string of the molecule is CC(=O)c1c(Nc2ccc(C)cc2Cl)[nH]c2c(F)ccc(F)c2c1=O. The topological polar surface area (TPSA) is 62.0 Å². The van der Waals surface area contributed by atoms with Gasteiger partial charge in [-0.1, -0.05) is 17.7 Å². The predicted octanol–water partition coefficient (Wildman–Crippen LogP) is 4.71. The Bertz CT molecular complexity index is 1080. The Hall–Kier alpha value is -2.73. The second-order valence-corrected chi connectivity index (χ2v) is 6.06. The van der Waals surface area contributed by atoms with Crippen LogP contribution in [0.1, 0.15) is 22.8 Å². The lowest BCUT2D eigenvalue weighted by molar-refractivity contribution is 0.101. The number of nitrogens with one attached hydrogen (secondary N) is 2. The number of ketones is 1. The van der Waals surface area contributed by atoms with E-state index in [1.165, 1.54) is 6.92 Å². The molecule has 0 aliphatic heterocycles. The van der Waals surface area contributed by atoms with Crippen LogP contribution in [0.5, 0.6) is 0 Å². The summed E-state index contributed by atoms with van der Waals surface area (Å²) in [5, 5.41) is 2.69. The third kappa shape index (κ3) is 3.00. The number of Topliss-reactive ketones (excluding diaryl/α,β-unsaturated/α-hetero) is 1. The van der Waals surface area contributed by atoms with Crippen molar-refractivity contribution < 1.29 is 13.6 Å². The Labute approximate surface area is 146 Å². The van der Waals surface area contributed by atoms with Crippen molar-refractivity contribution in [2.45, 2.75) is 13.8 Å². The summed E-state index contributed by atoms with van der Waals surface area (Å²) in [5.74, 6) is -2.33. The third-order valence-corrected chi connectivity index (χ3v) is 4.11. The average Bonchev–Trinajstić information content (AvgIpc) is 2.53. The van der Waals surface area contributed by atoms with Gasteiger partial charge in [-0.2, -0.15) is 0 Å². The molecule has 1 aromatic heterocycles. The molecule has 0 saturated heterocycles. The smallest absolute Gasteiger partial charge is 0.205 e. The maximum atomic E-state index is 14.1. The first-order chi connectivity index (χ1) is 11.8. The van der Waals surface area contributed by atoms with Crippen molar-refractivity contribution in [2.75, 3.05) is 5.32 Å². The zero-order chi connectivity index (χ0) is 18.3. The lowest BCUT2D eigenvalue weighted by Crippen LogP contribution is -2.19. The van der Waals surface area contributed by atoms with Crippen LogP contribution in [0.4, 0.5) is 20.3 Å². The fourth-order valence-electron chi connectivity index (χ4n) is 2.61. The summed E-state index contributed by atoms with van der Waals surface area (Å²) in [5.41, 5.74) is -0.164. The number of anilines is 2. The highest BCUT2D eigenvalue weighted by molar-refractivity contribution is 6.33. The van der Waals surface area contributed by atoms with Crippen molar-refractivity contribution in [2.24, 2.45) is 0 Å². The van der Waals surface area contributed by atoms with Crippen molar-refractivity contribution in [1.29, 1.82) is 0 Å². The van der Waals surface area contributed by atoms with Crippen LogP contribution >= 0.6 is 11.6 Å². The molecule has 2 aromatic carbocycles. The maximum Gasteiger partial charge on any atom is 0.205 e. The van der Waals surface area contributed by atoms with E-state index in [-0.39, 0.29) is 16.9 Å². The molecule has 0 aliphatic carbocycles. The molecule has 128 valence electrons. The Morgan fingerprint density at radius 1 is 1.16 bits per heavy atom. The van der Waals surface area contributed by atoms with Gasteiger partial charge in [-0.25, -0.2) is 8.78 Å². The monoisotopic (exact) mass is 362 g/mol. The molecule has 0 aliphatic rings. The first kappa shape index (κ1) is 17.1. The number of carbonyl (C=O) groups is 1. The first-order valence-electron chi connectivity index (χ1n) is 7.37. The van der Waals surface area contributed by atoms with Gasteiger partial charge in [0.25, 0.3) is 0 Å². The number of aryl methyl sites for hydroxylation is 1. The molecule has 0 unspecified atom stereocenters. The zero-order valence-corrected chi connectivity index (χ0v) is 14.1. The number of H-pyrrole nitrogens is 1. The second-order valence-electron chi connectivity index (χ2n) is 5.65. The number of carbonyl (C=O) groups excluding carboxylic acids is 1. The molecule has 0 radical (unpaired) electrons. The number of benzene rings is 2. The molecule has 3 aromatic rings. The zero-order valence-electron chi connectivity index (χ0n) is 13.3. The molecule has 3 rings (SSSR count). The lowest BCUT2D eigenvalue weighted by Gasteiger charge is -2.14. The third-order valence-electron chi connectivity index (χ3n) is 3.79. The van der Waals surface area contributed by atoms with Gasteiger partial charge in [0.2, 0.25) is 5.43 Å². The van der Waals surface area contributed by atoms with Crippen molar-refractivity contribution >= 4 is 39.8 Å². The highest BCUT2D eigenvalue weighted by Crippen LogP contribution is 2.28. The van der Waals surface area contributed by atoms with Gasteiger partial charge in [0.1, 0.15) is 23.0 Å². The molecular formula is C18H13ClF2N2O2. The number of aromatic nitrogens is 1. The highest BCUT2D eigenvalue weighted by atomic mass is 35.5.